The van der Waals surface area contributed by atoms with E-state index in [4.69, 9.17) is 13.3 Å². The van der Waals surface area contributed by atoms with Crippen LogP contribution in [0.3, 0.4) is 0 Å². The Kier molecular flexibility index (Phi) is 11.2. The fourth-order valence-corrected chi connectivity index (χ4v) is 15.1. The van der Waals surface area contributed by atoms with Crippen molar-refractivity contribution >= 4 is 123 Å². The Balaban J connectivity index is 1.05. The fourth-order valence-electron chi connectivity index (χ4n) is 13.0. The van der Waals surface area contributed by atoms with Gasteiger partial charge in [-0.15, -0.1) is 0 Å². The van der Waals surface area contributed by atoms with Crippen molar-refractivity contribution in [2.24, 2.45) is 0 Å². The highest BCUT2D eigenvalue weighted by atomic mass is 32.3. The van der Waals surface area contributed by atoms with Gasteiger partial charge in [0.25, 0.3) is 0 Å². The van der Waals surface area contributed by atoms with E-state index in [9.17, 15) is 0 Å². The molecule has 0 atom stereocenters. The first-order valence-corrected chi connectivity index (χ1v) is 34.4. The lowest BCUT2D eigenvalue weighted by atomic mass is 9.67. The summed E-state index contributed by atoms with van der Waals surface area (Å²) in [5.41, 5.74) is 18.9. The first kappa shape index (κ1) is 49.9. The zero-order valence-electron chi connectivity index (χ0n) is 47.2. The summed E-state index contributed by atoms with van der Waals surface area (Å²) in [6.07, 6.45) is 10.6. The van der Waals surface area contributed by atoms with Crippen molar-refractivity contribution in [3.63, 3.8) is 0 Å². The van der Waals surface area contributed by atoms with Crippen LogP contribution in [0.25, 0.3) is 77.2 Å². The minimum atomic E-state index is -1.64. The van der Waals surface area contributed by atoms with Crippen LogP contribution in [-0.4, -0.2) is 36.8 Å². The summed E-state index contributed by atoms with van der Waals surface area (Å²) >= 11 is 0. The molecule has 1 aliphatic rings. The lowest BCUT2D eigenvalue weighted by molar-refractivity contribution is 0.653. The van der Waals surface area contributed by atoms with E-state index < -0.39 is 23.5 Å². The molecule has 0 fully saturated rings. The Bertz CT molecular complexity index is 4840. The van der Waals surface area contributed by atoms with Gasteiger partial charge in [0, 0.05) is 79.6 Å². The number of para-hydroxylation sites is 1. The van der Waals surface area contributed by atoms with E-state index in [1.807, 2.05) is 12.1 Å². The molecule has 0 bridgehead atoms. The van der Waals surface area contributed by atoms with Gasteiger partial charge < -0.3 is 23.1 Å². The molecular formula is C73H60N4O3SSi. The number of aromatic nitrogens is 2. The molecule has 82 heavy (non-hydrogen) atoms. The predicted octanol–water partition coefficient (Wildman–Crippen LogP) is 19.7. The second-order valence-corrected chi connectivity index (χ2v) is 33.1. The fraction of sp³-hybridized carbons (Fsp3) is 0.123. The monoisotopic (exact) mass is 1100 g/mol. The van der Waals surface area contributed by atoms with Crippen LogP contribution in [0.1, 0.15) is 33.4 Å². The van der Waals surface area contributed by atoms with E-state index in [2.05, 4.69) is 266 Å². The molecule has 14 aromatic rings. The zero-order valence-corrected chi connectivity index (χ0v) is 49.0. The highest BCUT2D eigenvalue weighted by Gasteiger charge is 2.49. The van der Waals surface area contributed by atoms with Crippen LogP contribution in [0.2, 0.25) is 19.6 Å². The maximum atomic E-state index is 7.36. The first-order chi connectivity index (χ1) is 39.7. The van der Waals surface area contributed by atoms with Gasteiger partial charge in [0.2, 0.25) is 11.4 Å². The Morgan fingerprint density at radius 2 is 0.976 bits per heavy atom. The third-order valence-electron chi connectivity index (χ3n) is 16.9. The predicted molar refractivity (Wildman–Crippen MR) is 347 cm³/mol. The van der Waals surface area contributed by atoms with E-state index in [1.165, 1.54) is 43.5 Å². The van der Waals surface area contributed by atoms with Crippen LogP contribution < -0.4 is 15.0 Å². The average molecular weight is 1100 g/mol. The average Bonchev–Trinajstić information content (AvgIpc) is 1.65. The first-order valence-electron chi connectivity index (χ1n) is 28.0. The van der Waals surface area contributed by atoms with Crippen molar-refractivity contribution in [1.29, 1.82) is 0 Å². The van der Waals surface area contributed by atoms with Crippen LogP contribution in [-0.2, 0) is 5.41 Å². The van der Waals surface area contributed by atoms with Gasteiger partial charge in [0.05, 0.1) is 24.9 Å². The van der Waals surface area contributed by atoms with Gasteiger partial charge in [-0.1, -0.05) is 121 Å². The molecule has 9 heteroatoms. The van der Waals surface area contributed by atoms with Gasteiger partial charge >= 0.3 is 0 Å². The van der Waals surface area contributed by atoms with Crippen LogP contribution in [0.4, 0.5) is 34.1 Å². The molecule has 9 aromatic carbocycles. The van der Waals surface area contributed by atoms with Crippen LogP contribution >= 0.6 is 10.0 Å². The summed E-state index contributed by atoms with van der Waals surface area (Å²) in [7, 11) is -2.67. The smallest absolute Gasteiger partial charge is 0.227 e. The summed E-state index contributed by atoms with van der Waals surface area (Å²) in [6, 6.07) is 76.2. The number of pyridine rings is 2. The second kappa shape index (κ2) is 18.4. The maximum absolute atomic E-state index is 7.36. The summed E-state index contributed by atoms with van der Waals surface area (Å²) in [6.45, 7) is 11.6. The van der Waals surface area contributed by atoms with Crippen molar-refractivity contribution in [2.45, 2.75) is 43.8 Å². The molecule has 0 saturated carbocycles. The van der Waals surface area contributed by atoms with Crippen molar-refractivity contribution in [3.05, 3.63) is 252 Å². The molecule has 0 saturated heterocycles. The lowest BCUT2D eigenvalue weighted by Gasteiger charge is -2.36. The molecule has 15 rings (SSSR count). The van der Waals surface area contributed by atoms with E-state index in [0.29, 0.717) is 11.4 Å². The lowest BCUT2D eigenvalue weighted by Crippen LogP contribution is -2.37. The number of fused-ring (bicyclic) bond motifs is 13. The van der Waals surface area contributed by atoms with Gasteiger partial charge in [0.1, 0.15) is 16.7 Å². The molecule has 0 N–H and O–H groups in total. The summed E-state index contributed by atoms with van der Waals surface area (Å²) in [4.78, 5) is 15.4. The highest BCUT2D eigenvalue weighted by Crippen LogP contribution is 2.62. The minimum Gasteiger partial charge on any atom is -0.454 e. The molecule has 5 heterocycles. The van der Waals surface area contributed by atoms with E-state index in [0.717, 1.165) is 99.9 Å². The Morgan fingerprint density at radius 3 is 1.57 bits per heavy atom. The molecule has 0 unspecified atom stereocenters. The Morgan fingerprint density at radius 1 is 0.439 bits per heavy atom. The van der Waals surface area contributed by atoms with Crippen molar-refractivity contribution in [1.82, 2.24) is 9.97 Å². The van der Waals surface area contributed by atoms with E-state index >= 15 is 0 Å². The summed E-state index contributed by atoms with van der Waals surface area (Å²) in [5, 5.41) is 7.55. The van der Waals surface area contributed by atoms with E-state index in [1.54, 1.807) is 12.4 Å². The molecule has 1 aliphatic carbocycles. The van der Waals surface area contributed by atoms with Crippen molar-refractivity contribution in [3.8, 4) is 11.1 Å². The van der Waals surface area contributed by atoms with Crippen LogP contribution in [0.15, 0.2) is 237 Å². The molecule has 7 nitrogen and oxygen atoms in total. The quantitative estimate of drug-likeness (QED) is 0.126. The largest absolute Gasteiger partial charge is 0.454 e. The topological polar surface area (TPSA) is 71.7 Å². The maximum Gasteiger partial charge on any atom is 0.227 e. The van der Waals surface area contributed by atoms with Gasteiger partial charge in [-0.2, -0.15) is 0 Å². The van der Waals surface area contributed by atoms with Gasteiger partial charge in [-0.25, -0.2) is 20.0 Å². The number of hydrogen-bond acceptors (Lipinski definition) is 7. The van der Waals surface area contributed by atoms with Crippen LogP contribution in [0, 0.1) is 13.8 Å². The second-order valence-electron chi connectivity index (χ2n) is 23.9. The van der Waals surface area contributed by atoms with Crippen LogP contribution in [0.5, 0.6) is 0 Å². The highest BCUT2D eigenvalue weighted by molar-refractivity contribution is 8.32. The summed E-state index contributed by atoms with van der Waals surface area (Å²) in [5.74, 6) is 0. The molecule has 400 valence electrons. The third kappa shape index (κ3) is 7.77. The summed E-state index contributed by atoms with van der Waals surface area (Å²) < 4.78 is 20.5. The minimum absolute atomic E-state index is 0.615. The number of aryl methyl sites for hydroxylation is 2. The molecule has 5 aromatic heterocycles. The van der Waals surface area contributed by atoms with Crippen molar-refractivity contribution in [2.75, 3.05) is 28.6 Å². The van der Waals surface area contributed by atoms with Gasteiger partial charge in [-0.05, 0) is 180 Å². The standard InChI is InChI=1S/C73H60N4O3SSi/c1-45-15-11-17-47(39-45)73(48-18-12-16-46(2)40-48)62-41-51(76(49-25-32-55(33-26-49)82(6,7)8)52-27-34-56-58-20-13-37-74-71(58)79-66(56)42-52)29-36-60(62)68-63(73)44-64(70-69(68)61-19-9-10-22-65(61)78-70)77(50-23-30-54(31-24-50)81(3,4)5)53-28-35-57-59-21-14-38-75-72(59)80-67(57)43-53/h9-44H,1-8H3. The van der Waals surface area contributed by atoms with Crippen molar-refractivity contribution < 1.29 is 13.3 Å². The molecule has 0 spiro atoms. The molecule has 0 aliphatic heterocycles. The third-order valence-corrected chi connectivity index (χ3v) is 20.6. The SMILES string of the molecule is Cc1cccc(C2(c3cccc(C)c3)c3cc(N(c4ccc([Si](C)(C)C)cc4)c4ccc5c(c4)oc4ncccc45)ccc3-c3c2cc(N(c2ccc(S(C)(C)C)cc2)c2ccc4c(c2)oc2ncccc24)c2oc4ccccc4c32)c1. The van der Waals surface area contributed by atoms with Gasteiger partial charge in [-0.3, -0.25) is 0 Å². The van der Waals surface area contributed by atoms with E-state index in [-0.39, 0.29) is 0 Å². The Labute approximate surface area is 479 Å². The molecular weight excluding hydrogens is 1040 g/mol. The zero-order chi connectivity index (χ0) is 55.8. The number of hydrogen-bond donors (Lipinski definition) is 0. The number of benzene rings is 9. The number of rotatable bonds is 10. The number of anilines is 6. The molecule has 0 radical (unpaired) electrons. The van der Waals surface area contributed by atoms with Gasteiger partial charge in [0.15, 0.2) is 5.58 Å². The normalized spacial score (nSPS) is 13.4. The Hall–Kier alpha value is -9.15. The molecule has 0 amide bonds. The number of nitrogens with zero attached hydrogens (tertiary/aromatic N) is 4. The number of furan rings is 3.